The first-order valence-electron chi connectivity index (χ1n) is 4.78. The van der Waals surface area contributed by atoms with Crippen molar-refractivity contribution in [2.24, 2.45) is 5.73 Å². The maximum atomic E-state index is 12.9. The van der Waals surface area contributed by atoms with Crippen molar-refractivity contribution in [3.05, 3.63) is 35.7 Å². The number of aliphatic hydroxyl groups excluding tert-OH is 1. The van der Waals surface area contributed by atoms with Crippen LogP contribution in [-0.4, -0.2) is 21.8 Å². The molecule has 0 aliphatic heterocycles. The van der Waals surface area contributed by atoms with Crippen LogP contribution in [0.5, 0.6) is 0 Å². The monoisotopic (exact) mass is 241 g/mol. The van der Waals surface area contributed by atoms with E-state index in [2.05, 4.69) is 10.1 Å². The highest BCUT2D eigenvalue weighted by Crippen LogP contribution is 2.20. The Kier molecular flexibility index (Phi) is 3.12. The SMILES string of the molecule is NC[C@H](O)c1nc(-c2cc(F)cc(F)c2)no1. The third-order valence-corrected chi connectivity index (χ3v) is 2.07. The summed E-state index contributed by atoms with van der Waals surface area (Å²) in [5, 5.41) is 12.8. The molecule has 1 atom stereocenters. The maximum absolute atomic E-state index is 12.9. The Morgan fingerprint density at radius 3 is 2.53 bits per heavy atom. The summed E-state index contributed by atoms with van der Waals surface area (Å²) in [6.45, 7) is -0.0842. The summed E-state index contributed by atoms with van der Waals surface area (Å²) in [5.41, 5.74) is 5.33. The molecule has 1 heterocycles. The maximum Gasteiger partial charge on any atom is 0.257 e. The molecule has 5 nitrogen and oxygen atoms in total. The quantitative estimate of drug-likeness (QED) is 0.837. The summed E-state index contributed by atoms with van der Waals surface area (Å²) in [7, 11) is 0. The Labute approximate surface area is 94.9 Å². The largest absolute Gasteiger partial charge is 0.382 e. The highest BCUT2D eigenvalue weighted by atomic mass is 19.1. The van der Waals surface area contributed by atoms with Crippen LogP contribution in [0.3, 0.4) is 0 Å². The molecule has 17 heavy (non-hydrogen) atoms. The minimum atomic E-state index is -1.09. The summed E-state index contributed by atoms with van der Waals surface area (Å²) >= 11 is 0. The van der Waals surface area contributed by atoms with E-state index in [1.165, 1.54) is 0 Å². The molecule has 2 rings (SSSR count). The molecular formula is C10H9F2N3O2. The van der Waals surface area contributed by atoms with Gasteiger partial charge in [-0.05, 0) is 12.1 Å². The molecule has 0 aliphatic carbocycles. The predicted octanol–water partition coefficient (Wildman–Crippen LogP) is 1.01. The molecule has 0 aliphatic rings. The van der Waals surface area contributed by atoms with Gasteiger partial charge in [0, 0.05) is 18.2 Å². The number of halogens is 2. The zero-order valence-corrected chi connectivity index (χ0v) is 8.60. The van der Waals surface area contributed by atoms with Gasteiger partial charge in [0.05, 0.1) is 0 Å². The van der Waals surface area contributed by atoms with E-state index < -0.39 is 17.7 Å². The fraction of sp³-hybridized carbons (Fsp3) is 0.200. The van der Waals surface area contributed by atoms with Gasteiger partial charge in [-0.3, -0.25) is 0 Å². The van der Waals surface area contributed by atoms with Crippen LogP contribution in [0.4, 0.5) is 8.78 Å². The van der Waals surface area contributed by atoms with E-state index in [4.69, 9.17) is 10.3 Å². The molecule has 0 amide bonds. The minimum absolute atomic E-state index is 0.00843. The van der Waals surface area contributed by atoms with E-state index in [-0.39, 0.29) is 23.8 Å². The molecule has 7 heteroatoms. The lowest BCUT2D eigenvalue weighted by Gasteiger charge is -1.98. The fourth-order valence-corrected chi connectivity index (χ4v) is 1.27. The van der Waals surface area contributed by atoms with Crippen molar-refractivity contribution in [1.29, 1.82) is 0 Å². The average molecular weight is 241 g/mol. The van der Waals surface area contributed by atoms with Crippen LogP contribution in [-0.2, 0) is 0 Å². The summed E-state index contributed by atoms with van der Waals surface area (Å²) in [6, 6.07) is 2.86. The highest BCUT2D eigenvalue weighted by Gasteiger charge is 2.16. The van der Waals surface area contributed by atoms with E-state index in [1.807, 2.05) is 0 Å². The van der Waals surface area contributed by atoms with E-state index in [0.717, 1.165) is 18.2 Å². The van der Waals surface area contributed by atoms with Gasteiger partial charge < -0.3 is 15.4 Å². The van der Waals surface area contributed by atoms with E-state index in [9.17, 15) is 13.9 Å². The number of rotatable bonds is 3. The number of hydrogen-bond acceptors (Lipinski definition) is 5. The number of nitrogens with zero attached hydrogens (tertiary/aromatic N) is 2. The molecule has 0 radical (unpaired) electrons. The van der Waals surface area contributed by atoms with Crippen molar-refractivity contribution in [2.45, 2.75) is 6.10 Å². The second kappa shape index (κ2) is 4.56. The van der Waals surface area contributed by atoms with Crippen LogP contribution >= 0.6 is 0 Å². The number of nitrogens with two attached hydrogens (primary N) is 1. The van der Waals surface area contributed by atoms with Crippen molar-refractivity contribution in [3.63, 3.8) is 0 Å². The minimum Gasteiger partial charge on any atom is -0.382 e. The topological polar surface area (TPSA) is 85.2 Å². The molecule has 0 fully saturated rings. The molecular weight excluding hydrogens is 232 g/mol. The van der Waals surface area contributed by atoms with Crippen molar-refractivity contribution in [2.75, 3.05) is 6.54 Å². The lowest BCUT2D eigenvalue weighted by molar-refractivity contribution is 0.141. The first-order chi connectivity index (χ1) is 8.10. The molecule has 0 spiro atoms. The summed E-state index contributed by atoms with van der Waals surface area (Å²) in [4.78, 5) is 3.79. The van der Waals surface area contributed by atoms with Crippen LogP contribution in [0.25, 0.3) is 11.4 Å². The molecule has 0 saturated carbocycles. The first kappa shape index (κ1) is 11.6. The van der Waals surface area contributed by atoms with Crippen LogP contribution in [0, 0.1) is 11.6 Å². The highest BCUT2D eigenvalue weighted by molar-refractivity contribution is 5.54. The molecule has 0 bridgehead atoms. The Morgan fingerprint density at radius 2 is 1.94 bits per heavy atom. The summed E-state index contributed by atoms with van der Waals surface area (Å²) < 4.78 is 30.6. The van der Waals surface area contributed by atoms with Gasteiger partial charge >= 0.3 is 0 Å². The van der Waals surface area contributed by atoms with E-state index in [0.29, 0.717) is 0 Å². The van der Waals surface area contributed by atoms with Crippen molar-refractivity contribution < 1.29 is 18.4 Å². The van der Waals surface area contributed by atoms with Crippen molar-refractivity contribution in [3.8, 4) is 11.4 Å². The second-order valence-corrected chi connectivity index (χ2v) is 3.37. The van der Waals surface area contributed by atoms with Gasteiger partial charge in [-0.15, -0.1) is 0 Å². The van der Waals surface area contributed by atoms with Crippen LogP contribution < -0.4 is 5.73 Å². The van der Waals surface area contributed by atoms with E-state index in [1.54, 1.807) is 0 Å². The van der Waals surface area contributed by atoms with Crippen LogP contribution in [0.1, 0.15) is 12.0 Å². The van der Waals surface area contributed by atoms with Gasteiger partial charge in [0.1, 0.15) is 17.7 Å². The number of aliphatic hydroxyl groups is 1. The number of hydrogen-bond donors (Lipinski definition) is 2. The zero-order valence-electron chi connectivity index (χ0n) is 8.60. The molecule has 1 aromatic carbocycles. The fourth-order valence-electron chi connectivity index (χ4n) is 1.27. The molecule has 1 aromatic heterocycles. The second-order valence-electron chi connectivity index (χ2n) is 3.37. The number of aromatic nitrogens is 2. The van der Waals surface area contributed by atoms with Gasteiger partial charge in [0.15, 0.2) is 0 Å². The lowest BCUT2D eigenvalue weighted by atomic mass is 10.2. The third-order valence-electron chi connectivity index (χ3n) is 2.07. The van der Waals surface area contributed by atoms with Crippen LogP contribution in [0.2, 0.25) is 0 Å². The van der Waals surface area contributed by atoms with Crippen molar-refractivity contribution >= 4 is 0 Å². The number of benzene rings is 1. The van der Waals surface area contributed by atoms with Gasteiger partial charge in [-0.1, -0.05) is 5.16 Å². The first-order valence-corrected chi connectivity index (χ1v) is 4.78. The zero-order chi connectivity index (χ0) is 12.4. The average Bonchev–Trinajstić information content (AvgIpc) is 2.76. The third kappa shape index (κ3) is 2.45. The van der Waals surface area contributed by atoms with Gasteiger partial charge in [0.2, 0.25) is 5.82 Å². The normalized spacial score (nSPS) is 12.7. The molecule has 2 aromatic rings. The molecule has 0 unspecified atom stereocenters. The smallest absolute Gasteiger partial charge is 0.257 e. The Morgan fingerprint density at radius 1 is 1.29 bits per heavy atom. The van der Waals surface area contributed by atoms with Crippen LogP contribution in [0.15, 0.2) is 22.7 Å². The molecule has 90 valence electrons. The summed E-state index contributed by atoms with van der Waals surface area (Å²) in [5.74, 6) is -1.59. The summed E-state index contributed by atoms with van der Waals surface area (Å²) in [6.07, 6.45) is -1.09. The van der Waals surface area contributed by atoms with E-state index >= 15 is 0 Å². The lowest BCUT2D eigenvalue weighted by Crippen LogP contribution is -2.11. The van der Waals surface area contributed by atoms with Crippen molar-refractivity contribution in [1.82, 2.24) is 10.1 Å². The standard InChI is InChI=1S/C10H9F2N3O2/c11-6-1-5(2-7(12)3-6)9-14-10(17-15-9)8(16)4-13/h1-3,8,16H,4,13H2/t8-/m0/s1. The Bertz CT molecular complexity index is 510. The van der Waals surface area contributed by atoms with Gasteiger partial charge in [-0.2, -0.15) is 4.98 Å². The van der Waals surface area contributed by atoms with Gasteiger partial charge in [0.25, 0.3) is 5.89 Å². The molecule has 0 saturated heterocycles. The van der Waals surface area contributed by atoms with Gasteiger partial charge in [-0.25, -0.2) is 8.78 Å². The molecule has 3 N–H and O–H groups in total. The Hall–Kier alpha value is -1.86. The Balaban J connectivity index is 2.36. The predicted molar refractivity (Wildman–Crippen MR) is 53.7 cm³/mol.